The largest absolute Gasteiger partial charge is 0.507 e. The zero-order valence-corrected chi connectivity index (χ0v) is 17.7. The second kappa shape index (κ2) is 9.67. The van der Waals surface area contributed by atoms with Crippen molar-refractivity contribution >= 4 is 12.1 Å². The van der Waals surface area contributed by atoms with Crippen molar-refractivity contribution in [3.63, 3.8) is 0 Å². The number of phenols is 1. The standard InChI is InChI=1S/C27H22N2O3/c1-2-15-31-22-14-13-21(24(30)16-22)18-29-27-23(17-28)25(19-9-5-3-6-10-19)26(32-27)20-11-7-4-8-12-20/h3-14,16,18,30H,2,15H2,1H3. The lowest BCUT2D eigenvalue weighted by atomic mass is 9.98. The molecule has 0 atom stereocenters. The van der Waals surface area contributed by atoms with E-state index in [9.17, 15) is 10.4 Å². The van der Waals surface area contributed by atoms with Crippen LogP contribution in [-0.4, -0.2) is 17.9 Å². The predicted molar refractivity (Wildman–Crippen MR) is 125 cm³/mol. The lowest BCUT2D eigenvalue weighted by Crippen LogP contribution is -1.95. The summed E-state index contributed by atoms with van der Waals surface area (Å²) in [6.07, 6.45) is 2.37. The molecule has 0 unspecified atom stereocenters. The molecule has 158 valence electrons. The van der Waals surface area contributed by atoms with E-state index < -0.39 is 0 Å². The number of hydrogen-bond acceptors (Lipinski definition) is 5. The van der Waals surface area contributed by atoms with Gasteiger partial charge in [0.15, 0.2) is 0 Å². The fraction of sp³-hybridized carbons (Fsp3) is 0.111. The first-order valence-corrected chi connectivity index (χ1v) is 10.4. The van der Waals surface area contributed by atoms with Crippen LogP contribution in [0.4, 0.5) is 5.88 Å². The van der Waals surface area contributed by atoms with Crippen molar-refractivity contribution in [3.05, 3.63) is 90.0 Å². The third kappa shape index (κ3) is 4.40. The van der Waals surface area contributed by atoms with E-state index in [-0.39, 0.29) is 11.6 Å². The first-order chi connectivity index (χ1) is 15.7. The number of nitriles is 1. The van der Waals surface area contributed by atoms with Gasteiger partial charge in [0.05, 0.1) is 6.61 Å². The highest BCUT2D eigenvalue weighted by molar-refractivity contribution is 5.90. The van der Waals surface area contributed by atoms with E-state index in [1.165, 1.54) is 6.21 Å². The van der Waals surface area contributed by atoms with Crippen LogP contribution in [0.15, 0.2) is 88.3 Å². The summed E-state index contributed by atoms with van der Waals surface area (Å²) in [5.74, 6) is 1.40. The number of furan rings is 1. The summed E-state index contributed by atoms with van der Waals surface area (Å²) >= 11 is 0. The number of nitrogens with zero attached hydrogens (tertiary/aromatic N) is 2. The van der Waals surface area contributed by atoms with E-state index in [1.807, 2.05) is 67.6 Å². The number of benzene rings is 3. The van der Waals surface area contributed by atoms with Crippen molar-refractivity contribution < 1.29 is 14.3 Å². The third-order valence-corrected chi connectivity index (χ3v) is 4.90. The average molecular weight is 422 g/mol. The first kappa shape index (κ1) is 21.0. The normalized spacial score (nSPS) is 10.9. The molecule has 0 amide bonds. The van der Waals surface area contributed by atoms with Crippen LogP contribution in [0.25, 0.3) is 22.5 Å². The Balaban J connectivity index is 1.77. The first-order valence-electron chi connectivity index (χ1n) is 10.4. The highest BCUT2D eigenvalue weighted by atomic mass is 16.5. The molecule has 0 aliphatic carbocycles. The van der Waals surface area contributed by atoms with E-state index in [1.54, 1.807) is 18.2 Å². The molecule has 4 aromatic rings. The van der Waals surface area contributed by atoms with Gasteiger partial charge in [-0.05, 0) is 24.1 Å². The fourth-order valence-electron chi connectivity index (χ4n) is 3.36. The molecule has 0 aliphatic heterocycles. The second-order valence-electron chi connectivity index (χ2n) is 7.16. The molecule has 5 nitrogen and oxygen atoms in total. The van der Waals surface area contributed by atoms with Crippen molar-refractivity contribution in [2.75, 3.05) is 6.61 Å². The summed E-state index contributed by atoms with van der Waals surface area (Å²) in [5.41, 5.74) is 3.25. The van der Waals surface area contributed by atoms with Crippen LogP contribution in [0.5, 0.6) is 11.5 Å². The molecule has 0 saturated heterocycles. The summed E-state index contributed by atoms with van der Waals surface area (Å²) in [5, 5.41) is 20.3. The molecule has 0 saturated carbocycles. The van der Waals surface area contributed by atoms with Gasteiger partial charge in [-0.1, -0.05) is 67.6 Å². The highest BCUT2D eigenvalue weighted by Crippen LogP contribution is 2.42. The summed E-state index contributed by atoms with van der Waals surface area (Å²) < 4.78 is 11.6. The summed E-state index contributed by atoms with van der Waals surface area (Å²) in [6.45, 7) is 2.60. The molecule has 1 N–H and O–H groups in total. The summed E-state index contributed by atoms with van der Waals surface area (Å²) in [7, 11) is 0. The van der Waals surface area contributed by atoms with Gasteiger partial charge >= 0.3 is 0 Å². The summed E-state index contributed by atoms with van der Waals surface area (Å²) in [4.78, 5) is 4.42. The van der Waals surface area contributed by atoms with E-state index in [4.69, 9.17) is 9.15 Å². The smallest absolute Gasteiger partial charge is 0.238 e. The Morgan fingerprint density at radius 2 is 1.69 bits per heavy atom. The van der Waals surface area contributed by atoms with Gasteiger partial charge in [-0.15, -0.1) is 0 Å². The molecular formula is C27H22N2O3. The van der Waals surface area contributed by atoms with E-state index in [0.717, 1.165) is 17.5 Å². The Hall–Kier alpha value is -4.30. The maximum absolute atomic E-state index is 10.3. The van der Waals surface area contributed by atoms with Crippen molar-refractivity contribution in [1.82, 2.24) is 0 Å². The van der Waals surface area contributed by atoms with Gasteiger partial charge in [0.2, 0.25) is 5.88 Å². The molecule has 4 rings (SSSR count). The Bertz CT molecular complexity index is 1270. The molecule has 0 radical (unpaired) electrons. The molecule has 0 bridgehead atoms. The van der Waals surface area contributed by atoms with Crippen LogP contribution in [0.1, 0.15) is 24.5 Å². The van der Waals surface area contributed by atoms with E-state index in [2.05, 4.69) is 11.1 Å². The maximum Gasteiger partial charge on any atom is 0.238 e. The predicted octanol–water partition coefficient (Wildman–Crippen LogP) is 6.73. The van der Waals surface area contributed by atoms with Crippen LogP contribution < -0.4 is 4.74 Å². The van der Waals surface area contributed by atoms with Gasteiger partial charge < -0.3 is 14.3 Å². The Morgan fingerprint density at radius 3 is 2.31 bits per heavy atom. The molecule has 0 aliphatic rings. The number of aromatic hydroxyl groups is 1. The minimum absolute atomic E-state index is 0.0407. The Kier molecular flexibility index (Phi) is 6.33. The van der Waals surface area contributed by atoms with Gasteiger partial charge in [0, 0.05) is 29.0 Å². The van der Waals surface area contributed by atoms with Crippen LogP contribution in [0, 0.1) is 11.3 Å². The zero-order chi connectivity index (χ0) is 22.3. The van der Waals surface area contributed by atoms with Crippen LogP contribution in [0.3, 0.4) is 0 Å². The molecule has 1 aromatic heterocycles. The van der Waals surface area contributed by atoms with Crippen molar-refractivity contribution in [2.45, 2.75) is 13.3 Å². The van der Waals surface area contributed by atoms with Gasteiger partial charge in [-0.3, -0.25) is 0 Å². The minimum Gasteiger partial charge on any atom is -0.507 e. The van der Waals surface area contributed by atoms with Crippen molar-refractivity contribution in [1.29, 1.82) is 5.26 Å². The SMILES string of the molecule is CCCOc1ccc(C=Nc2oc(-c3ccccc3)c(-c3ccccc3)c2C#N)c(O)c1. The summed E-state index contributed by atoms with van der Waals surface area (Å²) in [6, 6.07) is 26.5. The topological polar surface area (TPSA) is 78.8 Å². The molecular weight excluding hydrogens is 400 g/mol. The minimum atomic E-state index is 0.0407. The van der Waals surface area contributed by atoms with Crippen LogP contribution >= 0.6 is 0 Å². The lowest BCUT2D eigenvalue weighted by Gasteiger charge is -2.05. The van der Waals surface area contributed by atoms with Gasteiger partial charge in [0.1, 0.15) is 28.9 Å². The molecule has 3 aromatic carbocycles. The Morgan fingerprint density at radius 1 is 1.00 bits per heavy atom. The average Bonchev–Trinajstić information content (AvgIpc) is 3.21. The van der Waals surface area contributed by atoms with E-state index >= 15 is 0 Å². The van der Waals surface area contributed by atoms with Gasteiger partial charge in [-0.2, -0.15) is 5.26 Å². The van der Waals surface area contributed by atoms with Crippen molar-refractivity contribution in [3.8, 4) is 40.0 Å². The second-order valence-corrected chi connectivity index (χ2v) is 7.16. The highest BCUT2D eigenvalue weighted by Gasteiger charge is 2.22. The van der Waals surface area contributed by atoms with Crippen LogP contribution in [-0.2, 0) is 0 Å². The molecule has 1 heterocycles. The lowest BCUT2D eigenvalue weighted by molar-refractivity contribution is 0.315. The molecule has 0 fully saturated rings. The molecule has 32 heavy (non-hydrogen) atoms. The zero-order valence-electron chi connectivity index (χ0n) is 17.7. The molecule has 0 spiro atoms. The number of ether oxygens (including phenoxy) is 1. The van der Waals surface area contributed by atoms with E-state index in [0.29, 0.717) is 34.8 Å². The Labute approximate surface area is 186 Å². The number of aliphatic imine (C=N–C) groups is 1. The number of rotatable bonds is 7. The number of hydrogen-bond donors (Lipinski definition) is 1. The van der Waals surface area contributed by atoms with Gasteiger partial charge in [0.25, 0.3) is 0 Å². The van der Waals surface area contributed by atoms with Crippen molar-refractivity contribution in [2.24, 2.45) is 4.99 Å². The van der Waals surface area contributed by atoms with Crippen LogP contribution in [0.2, 0.25) is 0 Å². The fourth-order valence-corrected chi connectivity index (χ4v) is 3.36. The quantitative estimate of drug-likeness (QED) is 0.335. The number of phenolic OH excluding ortho intramolecular Hbond substituents is 1. The third-order valence-electron chi connectivity index (χ3n) is 4.90. The molecule has 5 heteroatoms. The maximum atomic E-state index is 10.3. The van der Waals surface area contributed by atoms with Gasteiger partial charge in [-0.25, -0.2) is 4.99 Å². The monoisotopic (exact) mass is 422 g/mol.